The highest BCUT2D eigenvalue weighted by atomic mass is 16.6. The topological polar surface area (TPSA) is 90.0 Å². The van der Waals surface area contributed by atoms with Crippen molar-refractivity contribution in [3.63, 3.8) is 0 Å². The number of fused-ring (bicyclic) bond motifs is 1. The minimum Gasteiger partial charge on any atom is -0.465 e. The molecule has 1 aromatic rings. The fourth-order valence-corrected chi connectivity index (χ4v) is 3.72. The van der Waals surface area contributed by atoms with Crippen LogP contribution in [-0.2, 0) is 19.1 Å². The summed E-state index contributed by atoms with van der Waals surface area (Å²) >= 11 is 0. The first-order valence-corrected chi connectivity index (χ1v) is 10.2. The predicted molar refractivity (Wildman–Crippen MR) is 106 cm³/mol. The van der Waals surface area contributed by atoms with Crippen LogP contribution in [0.3, 0.4) is 0 Å². The summed E-state index contributed by atoms with van der Waals surface area (Å²) in [7, 11) is 0. The number of esters is 2. The molecule has 158 valence electrons. The maximum atomic E-state index is 12.6. The van der Waals surface area contributed by atoms with E-state index < -0.39 is 17.4 Å². The van der Waals surface area contributed by atoms with Crippen LogP contribution in [0.25, 0.3) is 0 Å². The summed E-state index contributed by atoms with van der Waals surface area (Å²) < 4.78 is 10.4. The van der Waals surface area contributed by atoms with E-state index in [2.05, 4.69) is 0 Å². The molecule has 29 heavy (non-hydrogen) atoms. The zero-order chi connectivity index (χ0) is 21.4. The Bertz CT molecular complexity index is 719. The second kappa shape index (κ2) is 10.2. The molecule has 2 rings (SSSR count). The van der Waals surface area contributed by atoms with Crippen LogP contribution in [-0.4, -0.2) is 48.4 Å². The molecule has 1 aliphatic rings. The number of amides is 2. The number of imide groups is 1. The summed E-state index contributed by atoms with van der Waals surface area (Å²) in [5.41, 5.74) is -0.519. The molecule has 7 heteroatoms. The molecule has 0 aliphatic carbocycles. The second-order valence-corrected chi connectivity index (χ2v) is 7.04. The van der Waals surface area contributed by atoms with Gasteiger partial charge in [-0.05, 0) is 51.7 Å². The molecule has 1 aromatic carbocycles. The van der Waals surface area contributed by atoms with Crippen molar-refractivity contribution in [2.75, 3.05) is 19.8 Å². The minimum absolute atomic E-state index is 0.179. The third kappa shape index (κ3) is 4.66. The Balaban J connectivity index is 2.04. The molecule has 0 fully saturated rings. The van der Waals surface area contributed by atoms with Crippen LogP contribution < -0.4 is 0 Å². The summed E-state index contributed by atoms with van der Waals surface area (Å²) in [5.74, 6) is -1.75. The molecular weight excluding hydrogens is 374 g/mol. The number of unbranched alkanes of at least 4 members (excludes halogenated alkanes) is 1. The van der Waals surface area contributed by atoms with Crippen LogP contribution in [0.1, 0.15) is 73.6 Å². The van der Waals surface area contributed by atoms with E-state index in [1.165, 1.54) is 4.90 Å². The van der Waals surface area contributed by atoms with Gasteiger partial charge in [0.25, 0.3) is 11.8 Å². The van der Waals surface area contributed by atoms with Crippen molar-refractivity contribution in [2.24, 2.45) is 5.41 Å². The summed E-state index contributed by atoms with van der Waals surface area (Å²) in [5, 5.41) is 0. The number of hydrogen-bond acceptors (Lipinski definition) is 6. The van der Waals surface area contributed by atoms with E-state index in [0.29, 0.717) is 36.8 Å². The van der Waals surface area contributed by atoms with Crippen LogP contribution in [0.15, 0.2) is 24.3 Å². The number of benzene rings is 1. The van der Waals surface area contributed by atoms with Gasteiger partial charge in [0.15, 0.2) is 5.41 Å². The lowest BCUT2D eigenvalue weighted by atomic mass is 9.78. The van der Waals surface area contributed by atoms with Crippen molar-refractivity contribution in [1.29, 1.82) is 0 Å². The first-order valence-electron chi connectivity index (χ1n) is 10.2. The quantitative estimate of drug-likeness (QED) is 0.244. The molecule has 0 saturated heterocycles. The summed E-state index contributed by atoms with van der Waals surface area (Å²) in [6, 6.07) is 6.74. The molecule has 2 amide bonds. The Morgan fingerprint density at radius 2 is 1.38 bits per heavy atom. The van der Waals surface area contributed by atoms with Crippen LogP contribution in [0.2, 0.25) is 0 Å². The average Bonchev–Trinajstić information content (AvgIpc) is 2.95. The Hall–Kier alpha value is -2.70. The van der Waals surface area contributed by atoms with Gasteiger partial charge >= 0.3 is 11.9 Å². The molecule has 1 aliphatic heterocycles. The van der Waals surface area contributed by atoms with Gasteiger partial charge in [-0.15, -0.1) is 0 Å². The van der Waals surface area contributed by atoms with E-state index in [0.717, 1.165) is 0 Å². The van der Waals surface area contributed by atoms with Gasteiger partial charge in [0, 0.05) is 6.54 Å². The van der Waals surface area contributed by atoms with Crippen LogP contribution in [0.5, 0.6) is 0 Å². The maximum absolute atomic E-state index is 12.6. The van der Waals surface area contributed by atoms with Gasteiger partial charge in [0.2, 0.25) is 0 Å². The number of ether oxygens (including phenoxy) is 2. The lowest BCUT2D eigenvalue weighted by Gasteiger charge is -2.29. The van der Waals surface area contributed by atoms with Gasteiger partial charge in [-0.25, -0.2) is 0 Å². The third-order valence-corrected chi connectivity index (χ3v) is 5.12. The maximum Gasteiger partial charge on any atom is 0.323 e. The van der Waals surface area contributed by atoms with Crippen molar-refractivity contribution in [1.82, 2.24) is 4.90 Å². The molecule has 7 nitrogen and oxygen atoms in total. The SMILES string of the molecule is CCCC(CCCCN1C(=O)c2ccccc2C1=O)(C(=O)OCC)C(=O)OCC. The fraction of sp³-hybridized carbons (Fsp3) is 0.545. The average molecular weight is 403 g/mol. The Morgan fingerprint density at radius 1 is 0.862 bits per heavy atom. The normalized spacial score (nSPS) is 13.4. The molecule has 1 heterocycles. The van der Waals surface area contributed by atoms with E-state index in [1.54, 1.807) is 38.1 Å². The molecule has 0 bridgehead atoms. The number of carbonyl (C=O) groups is 4. The van der Waals surface area contributed by atoms with E-state index >= 15 is 0 Å². The molecule has 0 unspecified atom stereocenters. The van der Waals surface area contributed by atoms with Crippen molar-refractivity contribution in [3.05, 3.63) is 35.4 Å². The highest BCUT2D eigenvalue weighted by molar-refractivity contribution is 6.21. The van der Waals surface area contributed by atoms with Crippen molar-refractivity contribution in [2.45, 2.75) is 52.9 Å². The zero-order valence-electron chi connectivity index (χ0n) is 17.4. The lowest BCUT2D eigenvalue weighted by molar-refractivity contribution is -0.173. The molecule has 0 radical (unpaired) electrons. The number of nitrogens with zero attached hydrogens (tertiary/aromatic N) is 1. The van der Waals surface area contributed by atoms with Gasteiger partial charge in [-0.1, -0.05) is 25.5 Å². The van der Waals surface area contributed by atoms with Crippen molar-refractivity contribution < 1.29 is 28.7 Å². The molecule has 0 aromatic heterocycles. The molecule has 0 atom stereocenters. The number of hydrogen-bond donors (Lipinski definition) is 0. The molecule has 0 saturated carbocycles. The summed E-state index contributed by atoms with van der Waals surface area (Å²) in [6.07, 6.45) is 2.16. The van der Waals surface area contributed by atoms with Gasteiger partial charge in [0.05, 0.1) is 24.3 Å². The van der Waals surface area contributed by atoms with Crippen molar-refractivity contribution >= 4 is 23.8 Å². The molecule has 0 spiro atoms. The van der Waals surface area contributed by atoms with Gasteiger partial charge in [-0.2, -0.15) is 0 Å². The van der Waals surface area contributed by atoms with Crippen molar-refractivity contribution in [3.8, 4) is 0 Å². The fourth-order valence-electron chi connectivity index (χ4n) is 3.72. The van der Waals surface area contributed by atoms with Crippen LogP contribution in [0, 0.1) is 5.41 Å². The van der Waals surface area contributed by atoms with Gasteiger partial charge < -0.3 is 9.47 Å². The number of carbonyl (C=O) groups excluding carboxylic acids is 4. The minimum atomic E-state index is -1.34. The van der Waals surface area contributed by atoms with E-state index in [1.807, 2.05) is 6.92 Å². The van der Waals surface area contributed by atoms with Gasteiger partial charge in [-0.3, -0.25) is 24.1 Å². The first kappa shape index (κ1) is 22.6. The summed E-state index contributed by atoms with van der Waals surface area (Å²) in [6.45, 7) is 5.88. The lowest BCUT2D eigenvalue weighted by Crippen LogP contribution is -2.42. The molecule has 0 N–H and O–H groups in total. The van der Waals surface area contributed by atoms with Crippen LogP contribution >= 0.6 is 0 Å². The smallest absolute Gasteiger partial charge is 0.323 e. The Kier molecular flexibility index (Phi) is 7.93. The monoisotopic (exact) mass is 403 g/mol. The van der Waals surface area contributed by atoms with E-state index in [-0.39, 0.29) is 38.0 Å². The Labute approximate surface area is 171 Å². The first-order chi connectivity index (χ1) is 13.9. The highest BCUT2D eigenvalue weighted by Crippen LogP contribution is 2.34. The largest absolute Gasteiger partial charge is 0.465 e. The Morgan fingerprint density at radius 3 is 1.83 bits per heavy atom. The standard InChI is InChI=1S/C22H29NO6/c1-4-13-22(20(26)28-5-2,21(27)29-6-3)14-9-10-15-23-18(24)16-11-7-8-12-17(16)19(23)25/h7-8,11-12H,4-6,9-10,13-15H2,1-3H3. The van der Waals surface area contributed by atoms with Gasteiger partial charge in [0.1, 0.15) is 0 Å². The predicted octanol–water partition coefficient (Wildman–Crippen LogP) is 3.37. The zero-order valence-corrected chi connectivity index (χ0v) is 17.4. The van der Waals surface area contributed by atoms with E-state index in [9.17, 15) is 19.2 Å². The highest BCUT2D eigenvalue weighted by Gasteiger charge is 2.47. The summed E-state index contributed by atoms with van der Waals surface area (Å²) in [4.78, 5) is 51.4. The second-order valence-electron chi connectivity index (χ2n) is 7.04. The van der Waals surface area contributed by atoms with E-state index in [4.69, 9.17) is 9.47 Å². The molecular formula is C22H29NO6. The number of rotatable bonds is 11. The van der Waals surface area contributed by atoms with Crippen LogP contribution in [0.4, 0.5) is 0 Å². The third-order valence-electron chi connectivity index (χ3n) is 5.12.